The molecule has 2 fully saturated rings. The second-order valence-corrected chi connectivity index (χ2v) is 8.75. The minimum absolute atomic E-state index is 0.0947. The predicted octanol–water partition coefficient (Wildman–Crippen LogP) is 4.11. The molecule has 2 aliphatic rings. The van der Waals surface area contributed by atoms with E-state index in [-0.39, 0.29) is 16.7 Å². The van der Waals surface area contributed by atoms with Crippen molar-refractivity contribution in [2.75, 3.05) is 26.2 Å². The molecule has 30 heavy (non-hydrogen) atoms. The van der Waals surface area contributed by atoms with Gasteiger partial charge < -0.3 is 4.90 Å². The monoisotopic (exact) mass is 447 g/mol. The second-order valence-electron chi connectivity index (χ2n) is 7.97. The third-order valence-electron chi connectivity index (χ3n) is 6.26. The van der Waals surface area contributed by atoms with Gasteiger partial charge in [-0.25, -0.2) is 9.37 Å². The van der Waals surface area contributed by atoms with Crippen molar-refractivity contribution in [1.29, 1.82) is 0 Å². The van der Waals surface area contributed by atoms with Crippen LogP contribution in [0.3, 0.4) is 0 Å². The number of amides is 1. The molecule has 1 amide bonds. The van der Waals surface area contributed by atoms with Gasteiger partial charge in [-0.3, -0.25) is 14.8 Å². The Kier molecular flexibility index (Phi) is 5.13. The smallest absolute Gasteiger partial charge is 0.257 e. The summed E-state index contributed by atoms with van der Waals surface area (Å²) in [6, 6.07) is 5.31. The number of hydrogen-bond acceptors (Lipinski definition) is 4. The molecular formula is C21H20Cl2FN5O. The molecule has 0 spiro atoms. The van der Waals surface area contributed by atoms with Gasteiger partial charge in [0.2, 0.25) is 0 Å². The maximum Gasteiger partial charge on any atom is 0.257 e. The second kappa shape index (κ2) is 7.80. The molecule has 2 aliphatic heterocycles. The van der Waals surface area contributed by atoms with Gasteiger partial charge in [-0.05, 0) is 36.5 Å². The predicted molar refractivity (Wildman–Crippen MR) is 114 cm³/mol. The number of pyridine rings is 1. The Hall–Kier alpha value is -2.22. The van der Waals surface area contributed by atoms with Gasteiger partial charge in [0.25, 0.3) is 5.91 Å². The van der Waals surface area contributed by atoms with Crippen molar-refractivity contribution in [3.05, 3.63) is 57.6 Å². The first-order chi connectivity index (χ1) is 14.5. The van der Waals surface area contributed by atoms with E-state index in [1.807, 2.05) is 11.0 Å². The van der Waals surface area contributed by atoms with Crippen LogP contribution < -0.4 is 0 Å². The van der Waals surface area contributed by atoms with Crippen LogP contribution in [0.15, 0.2) is 30.6 Å². The molecule has 156 valence electrons. The molecule has 2 aromatic heterocycles. The van der Waals surface area contributed by atoms with E-state index >= 15 is 0 Å². The highest BCUT2D eigenvalue weighted by atomic mass is 35.5. The summed E-state index contributed by atoms with van der Waals surface area (Å²) in [6.07, 6.45) is 5.06. The van der Waals surface area contributed by atoms with Crippen molar-refractivity contribution in [2.24, 2.45) is 0 Å². The standard InChI is InChI=1S/C21H20Cl2FN5O/c22-17-7-12(2-4-18(17)24)13-1-3-14-11-29(6-5-28(14)10-13)21(30)16-8-25-20-15(19(16)23)9-26-27-20/h2,4,7-9,13-14H,1,3,5-6,10-11H2,(H,25,26,27)/t13-,14+/m0/s1. The van der Waals surface area contributed by atoms with Crippen molar-refractivity contribution < 1.29 is 9.18 Å². The van der Waals surface area contributed by atoms with E-state index in [1.54, 1.807) is 12.3 Å². The number of benzene rings is 1. The Morgan fingerprint density at radius 3 is 2.87 bits per heavy atom. The van der Waals surface area contributed by atoms with Crippen molar-refractivity contribution in [2.45, 2.75) is 24.8 Å². The van der Waals surface area contributed by atoms with Gasteiger partial charge >= 0.3 is 0 Å². The third kappa shape index (κ3) is 3.45. The van der Waals surface area contributed by atoms with E-state index in [0.717, 1.165) is 31.5 Å². The molecule has 0 aliphatic carbocycles. The van der Waals surface area contributed by atoms with Crippen LogP contribution in [0.5, 0.6) is 0 Å². The molecule has 0 saturated carbocycles. The molecule has 2 saturated heterocycles. The quantitative estimate of drug-likeness (QED) is 0.641. The molecule has 4 heterocycles. The Balaban J connectivity index is 1.28. The third-order valence-corrected chi connectivity index (χ3v) is 6.95. The number of carbonyl (C=O) groups excluding carboxylic acids is 1. The summed E-state index contributed by atoms with van der Waals surface area (Å²) in [5.41, 5.74) is 2.05. The molecule has 0 unspecified atom stereocenters. The van der Waals surface area contributed by atoms with Gasteiger partial charge in [0.05, 0.1) is 27.2 Å². The van der Waals surface area contributed by atoms with Crippen LogP contribution in [-0.4, -0.2) is 63.1 Å². The molecule has 0 bridgehead atoms. The number of hydrogen-bond donors (Lipinski definition) is 1. The largest absolute Gasteiger partial charge is 0.336 e. The molecular weight excluding hydrogens is 428 g/mol. The maximum absolute atomic E-state index is 13.5. The van der Waals surface area contributed by atoms with E-state index < -0.39 is 0 Å². The Labute approximate surface area is 183 Å². The van der Waals surface area contributed by atoms with E-state index in [1.165, 1.54) is 12.3 Å². The van der Waals surface area contributed by atoms with E-state index in [0.29, 0.717) is 46.7 Å². The summed E-state index contributed by atoms with van der Waals surface area (Å²) in [6.45, 7) is 2.97. The Bertz CT molecular complexity index is 1120. The molecule has 0 radical (unpaired) electrons. The lowest BCUT2D eigenvalue weighted by Gasteiger charge is -2.46. The molecule has 6 nitrogen and oxygen atoms in total. The van der Waals surface area contributed by atoms with Gasteiger partial charge in [0, 0.05) is 38.4 Å². The SMILES string of the molecule is O=C(c1cnc2[nH]ncc2c1Cl)N1CCN2C[C@@H](c3ccc(F)c(Cl)c3)CC[C@@H]2C1. The minimum atomic E-state index is -0.386. The van der Waals surface area contributed by atoms with E-state index in [9.17, 15) is 9.18 Å². The number of H-pyrrole nitrogens is 1. The molecule has 9 heteroatoms. The first kappa shape index (κ1) is 19.7. The van der Waals surface area contributed by atoms with Crippen LogP contribution in [-0.2, 0) is 0 Å². The number of piperidine rings is 1. The van der Waals surface area contributed by atoms with E-state index in [2.05, 4.69) is 20.1 Å². The number of nitrogens with zero attached hydrogens (tertiary/aromatic N) is 4. The fourth-order valence-corrected chi connectivity index (χ4v) is 5.04. The molecule has 2 atom stereocenters. The lowest BCUT2D eigenvalue weighted by atomic mass is 9.86. The Morgan fingerprint density at radius 1 is 1.17 bits per heavy atom. The van der Waals surface area contributed by atoms with Crippen LogP contribution in [0.4, 0.5) is 4.39 Å². The topological polar surface area (TPSA) is 65.1 Å². The minimum Gasteiger partial charge on any atom is -0.336 e. The van der Waals surface area contributed by atoms with Crippen LogP contribution in [0.1, 0.15) is 34.7 Å². The van der Waals surface area contributed by atoms with Crippen LogP contribution >= 0.6 is 23.2 Å². The first-order valence-electron chi connectivity index (χ1n) is 9.97. The molecule has 3 aromatic rings. The van der Waals surface area contributed by atoms with Crippen molar-refractivity contribution in [1.82, 2.24) is 25.0 Å². The number of rotatable bonds is 2. The normalized spacial score (nSPS) is 22.3. The first-order valence-corrected chi connectivity index (χ1v) is 10.7. The fraction of sp³-hybridized carbons (Fsp3) is 0.381. The zero-order valence-electron chi connectivity index (χ0n) is 16.1. The summed E-state index contributed by atoms with van der Waals surface area (Å²) in [5.74, 6) is -0.158. The Morgan fingerprint density at radius 2 is 2.03 bits per heavy atom. The lowest BCUT2D eigenvalue weighted by Crippen LogP contribution is -2.57. The number of piperazine rings is 1. The zero-order valence-corrected chi connectivity index (χ0v) is 17.6. The van der Waals surface area contributed by atoms with Gasteiger partial charge in [-0.1, -0.05) is 29.3 Å². The summed E-state index contributed by atoms with van der Waals surface area (Å²) in [5, 5.41) is 7.91. The lowest BCUT2D eigenvalue weighted by molar-refractivity contribution is 0.0329. The van der Waals surface area contributed by atoms with Crippen molar-refractivity contribution >= 4 is 40.1 Å². The van der Waals surface area contributed by atoms with Crippen molar-refractivity contribution in [3.63, 3.8) is 0 Å². The van der Waals surface area contributed by atoms with Crippen LogP contribution in [0.25, 0.3) is 11.0 Å². The number of aromatic amines is 1. The van der Waals surface area contributed by atoms with Gasteiger partial charge in [0.15, 0.2) is 5.65 Å². The summed E-state index contributed by atoms with van der Waals surface area (Å²) in [7, 11) is 0. The number of fused-ring (bicyclic) bond motifs is 2. The van der Waals surface area contributed by atoms with Crippen molar-refractivity contribution in [3.8, 4) is 0 Å². The zero-order chi connectivity index (χ0) is 20.8. The number of carbonyl (C=O) groups is 1. The van der Waals surface area contributed by atoms with Gasteiger partial charge in [-0.2, -0.15) is 5.10 Å². The maximum atomic E-state index is 13.5. The molecule has 1 aromatic carbocycles. The van der Waals surface area contributed by atoms with E-state index in [4.69, 9.17) is 23.2 Å². The average Bonchev–Trinajstić information content (AvgIpc) is 3.24. The number of aromatic nitrogens is 3. The highest BCUT2D eigenvalue weighted by molar-refractivity contribution is 6.38. The highest BCUT2D eigenvalue weighted by Gasteiger charge is 2.35. The number of halogens is 3. The van der Waals surface area contributed by atoms with Crippen LogP contribution in [0, 0.1) is 5.82 Å². The summed E-state index contributed by atoms with van der Waals surface area (Å²) < 4.78 is 13.5. The molecule has 1 N–H and O–H groups in total. The summed E-state index contributed by atoms with van der Waals surface area (Å²) in [4.78, 5) is 21.7. The summed E-state index contributed by atoms with van der Waals surface area (Å²) >= 11 is 12.4. The van der Waals surface area contributed by atoms with Crippen LogP contribution in [0.2, 0.25) is 10.0 Å². The molecule has 5 rings (SSSR count). The fourth-order valence-electron chi connectivity index (χ4n) is 4.59. The van der Waals surface area contributed by atoms with Gasteiger partial charge in [-0.15, -0.1) is 0 Å². The van der Waals surface area contributed by atoms with Gasteiger partial charge in [0.1, 0.15) is 5.82 Å². The average molecular weight is 448 g/mol. The number of nitrogens with one attached hydrogen (secondary N) is 1. The highest BCUT2D eigenvalue weighted by Crippen LogP contribution is 2.34.